The maximum atomic E-state index is 12.2. The standard InChI is InChI=1S/C18H12N2O3S/c1-10(19-18-20-12-7-3-5-9-14(12)24-18)15-16(21)11-6-2-4-8-13(11)23-17(15)22/h2-9,21H,1H3/b19-10+. The molecule has 4 rings (SSSR count). The largest absolute Gasteiger partial charge is 0.506 e. The molecule has 0 aliphatic carbocycles. The molecule has 6 heteroatoms. The minimum atomic E-state index is -0.617. The predicted octanol–water partition coefficient (Wildman–Crippen LogP) is 4.25. The molecule has 0 saturated carbocycles. The second-order valence-electron chi connectivity index (χ2n) is 5.27. The van der Waals surface area contributed by atoms with Gasteiger partial charge in [-0.05, 0) is 31.2 Å². The summed E-state index contributed by atoms with van der Waals surface area (Å²) in [5, 5.41) is 11.5. The lowest BCUT2D eigenvalue weighted by Crippen LogP contribution is -2.12. The van der Waals surface area contributed by atoms with Gasteiger partial charge in [0.1, 0.15) is 16.9 Å². The van der Waals surface area contributed by atoms with Crippen LogP contribution in [0.5, 0.6) is 5.75 Å². The summed E-state index contributed by atoms with van der Waals surface area (Å²) in [5.41, 5.74) is 1.01. The Balaban J connectivity index is 1.88. The van der Waals surface area contributed by atoms with Crippen LogP contribution in [-0.4, -0.2) is 15.8 Å². The SMILES string of the molecule is C/C(=N\c1nc2ccccc2s1)c1c(O)c2ccccc2oc1=O. The molecule has 2 heterocycles. The van der Waals surface area contributed by atoms with Crippen LogP contribution in [-0.2, 0) is 0 Å². The molecule has 0 radical (unpaired) electrons. The van der Waals surface area contributed by atoms with E-state index in [2.05, 4.69) is 9.98 Å². The van der Waals surface area contributed by atoms with Gasteiger partial charge < -0.3 is 9.52 Å². The van der Waals surface area contributed by atoms with Crippen molar-refractivity contribution in [3.8, 4) is 5.75 Å². The number of hydrogen-bond acceptors (Lipinski definition) is 6. The maximum absolute atomic E-state index is 12.2. The first kappa shape index (κ1) is 14.6. The van der Waals surface area contributed by atoms with Crippen molar-refractivity contribution in [1.29, 1.82) is 0 Å². The van der Waals surface area contributed by atoms with E-state index >= 15 is 0 Å². The highest BCUT2D eigenvalue weighted by Gasteiger charge is 2.16. The summed E-state index contributed by atoms with van der Waals surface area (Å²) in [6.45, 7) is 1.66. The summed E-state index contributed by atoms with van der Waals surface area (Å²) < 4.78 is 6.29. The molecular formula is C18H12N2O3S. The Hall–Kier alpha value is -2.99. The number of aliphatic imine (C=N–C) groups is 1. The Morgan fingerprint density at radius 2 is 1.92 bits per heavy atom. The van der Waals surface area contributed by atoms with E-state index in [4.69, 9.17) is 4.42 Å². The number of thiazole rings is 1. The molecule has 1 N–H and O–H groups in total. The molecule has 5 nitrogen and oxygen atoms in total. The topological polar surface area (TPSA) is 75.7 Å². The monoisotopic (exact) mass is 336 g/mol. The number of aromatic hydroxyl groups is 1. The van der Waals surface area contributed by atoms with E-state index in [9.17, 15) is 9.90 Å². The van der Waals surface area contributed by atoms with Crippen LogP contribution in [0, 0.1) is 0 Å². The molecule has 0 aliphatic heterocycles. The van der Waals surface area contributed by atoms with E-state index < -0.39 is 5.63 Å². The number of aromatic nitrogens is 1. The lowest BCUT2D eigenvalue weighted by atomic mass is 10.1. The van der Waals surface area contributed by atoms with E-state index in [0.29, 0.717) is 21.8 Å². The van der Waals surface area contributed by atoms with E-state index in [1.165, 1.54) is 11.3 Å². The third-order valence-corrected chi connectivity index (χ3v) is 4.62. The van der Waals surface area contributed by atoms with Crippen LogP contribution < -0.4 is 5.63 Å². The minimum Gasteiger partial charge on any atom is -0.506 e. The van der Waals surface area contributed by atoms with Gasteiger partial charge in [-0.3, -0.25) is 0 Å². The molecule has 0 unspecified atom stereocenters. The first-order valence-electron chi connectivity index (χ1n) is 7.29. The highest BCUT2D eigenvalue weighted by Crippen LogP contribution is 2.30. The van der Waals surface area contributed by atoms with Crippen molar-refractivity contribution in [2.45, 2.75) is 6.92 Å². The normalized spacial score (nSPS) is 12.1. The molecule has 0 spiro atoms. The zero-order valence-corrected chi connectivity index (χ0v) is 13.5. The number of para-hydroxylation sites is 2. The molecule has 0 aliphatic rings. The Kier molecular flexibility index (Phi) is 3.39. The van der Waals surface area contributed by atoms with E-state index in [1.54, 1.807) is 31.2 Å². The number of rotatable bonds is 2. The van der Waals surface area contributed by atoms with Crippen LogP contribution in [0.3, 0.4) is 0 Å². The lowest BCUT2D eigenvalue weighted by molar-refractivity contribution is 0.466. The Labute approximate surface area is 140 Å². The van der Waals surface area contributed by atoms with Crippen molar-refractivity contribution < 1.29 is 9.52 Å². The van der Waals surface area contributed by atoms with Crippen molar-refractivity contribution >= 4 is 43.4 Å². The lowest BCUT2D eigenvalue weighted by Gasteiger charge is -2.05. The highest BCUT2D eigenvalue weighted by molar-refractivity contribution is 7.22. The fourth-order valence-electron chi connectivity index (χ4n) is 2.56. The first-order chi connectivity index (χ1) is 11.6. The Bertz CT molecular complexity index is 1120. The van der Waals surface area contributed by atoms with Gasteiger partial charge in [0.2, 0.25) is 5.13 Å². The molecule has 0 bridgehead atoms. The smallest absolute Gasteiger partial charge is 0.349 e. The second kappa shape index (κ2) is 5.58. The zero-order valence-electron chi connectivity index (χ0n) is 12.7. The fraction of sp³-hybridized carbons (Fsp3) is 0.0556. The summed E-state index contributed by atoms with van der Waals surface area (Å²) in [6.07, 6.45) is 0. The molecule has 118 valence electrons. The van der Waals surface area contributed by atoms with Crippen molar-refractivity contribution in [1.82, 2.24) is 4.98 Å². The summed E-state index contributed by atoms with van der Waals surface area (Å²) in [4.78, 5) is 21.0. The van der Waals surface area contributed by atoms with E-state index in [-0.39, 0.29) is 11.3 Å². The van der Waals surface area contributed by atoms with Crippen LogP contribution >= 0.6 is 11.3 Å². The van der Waals surface area contributed by atoms with Crippen molar-refractivity contribution in [3.05, 3.63) is 64.5 Å². The molecule has 4 aromatic rings. The predicted molar refractivity (Wildman–Crippen MR) is 95.6 cm³/mol. The number of benzene rings is 2. The average Bonchev–Trinajstić information content (AvgIpc) is 2.97. The zero-order chi connectivity index (χ0) is 16.7. The van der Waals surface area contributed by atoms with Crippen molar-refractivity contribution in [2.75, 3.05) is 0 Å². The third kappa shape index (κ3) is 2.37. The Morgan fingerprint density at radius 3 is 2.75 bits per heavy atom. The highest BCUT2D eigenvalue weighted by atomic mass is 32.1. The van der Waals surface area contributed by atoms with Gasteiger partial charge >= 0.3 is 5.63 Å². The molecule has 2 aromatic carbocycles. The molecule has 0 fully saturated rings. The second-order valence-corrected chi connectivity index (χ2v) is 6.28. The van der Waals surface area contributed by atoms with Gasteiger partial charge in [-0.25, -0.2) is 14.8 Å². The van der Waals surface area contributed by atoms with Gasteiger partial charge in [0.05, 0.1) is 21.3 Å². The Morgan fingerprint density at radius 1 is 1.17 bits per heavy atom. The van der Waals surface area contributed by atoms with Gasteiger partial charge in [-0.2, -0.15) is 0 Å². The van der Waals surface area contributed by atoms with Crippen molar-refractivity contribution in [2.24, 2.45) is 4.99 Å². The molecule has 0 atom stereocenters. The molecule has 0 saturated heterocycles. The van der Waals surface area contributed by atoms with Crippen LogP contribution in [0.1, 0.15) is 12.5 Å². The molecule has 24 heavy (non-hydrogen) atoms. The minimum absolute atomic E-state index is 0.0629. The number of hydrogen-bond donors (Lipinski definition) is 1. The molecular weight excluding hydrogens is 324 g/mol. The van der Waals surface area contributed by atoms with Gasteiger partial charge in [-0.1, -0.05) is 35.6 Å². The van der Waals surface area contributed by atoms with Gasteiger partial charge in [0, 0.05) is 0 Å². The fourth-order valence-corrected chi connectivity index (χ4v) is 3.45. The van der Waals surface area contributed by atoms with Gasteiger partial charge in [0.25, 0.3) is 0 Å². The number of fused-ring (bicyclic) bond motifs is 2. The van der Waals surface area contributed by atoms with Crippen molar-refractivity contribution in [3.63, 3.8) is 0 Å². The average molecular weight is 336 g/mol. The summed E-state index contributed by atoms with van der Waals surface area (Å²) >= 11 is 1.42. The quantitative estimate of drug-likeness (QED) is 0.438. The van der Waals surface area contributed by atoms with E-state index in [0.717, 1.165) is 10.2 Å². The summed E-state index contributed by atoms with van der Waals surface area (Å²) in [5.74, 6) is -0.121. The van der Waals surface area contributed by atoms with Crippen LogP contribution in [0.2, 0.25) is 0 Å². The third-order valence-electron chi connectivity index (χ3n) is 3.69. The summed E-state index contributed by atoms with van der Waals surface area (Å²) in [7, 11) is 0. The first-order valence-corrected chi connectivity index (χ1v) is 8.11. The van der Waals surface area contributed by atoms with Crippen LogP contribution in [0.15, 0.2) is 62.7 Å². The molecule has 2 aromatic heterocycles. The summed E-state index contributed by atoms with van der Waals surface area (Å²) in [6, 6.07) is 14.6. The number of nitrogens with zero attached hydrogens (tertiary/aromatic N) is 2. The van der Waals surface area contributed by atoms with Crippen LogP contribution in [0.25, 0.3) is 21.2 Å². The van der Waals surface area contributed by atoms with E-state index in [1.807, 2.05) is 24.3 Å². The van der Waals surface area contributed by atoms with Gasteiger partial charge in [0.15, 0.2) is 0 Å². The van der Waals surface area contributed by atoms with Crippen LogP contribution in [0.4, 0.5) is 5.13 Å². The maximum Gasteiger partial charge on any atom is 0.349 e. The van der Waals surface area contributed by atoms with Gasteiger partial charge in [-0.15, -0.1) is 0 Å². The molecule has 0 amide bonds.